The number of benzene rings is 3. The minimum absolute atomic E-state index is 0.00657. The van der Waals surface area contributed by atoms with E-state index >= 15 is 0 Å². The van der Waals surface area contributed by atoms with Gasteiger partial charge >= 0.3 is 12.0 Å². The molecule has 3 aliphatic heterocycles. The van der Waals surface area contributed by atoms with Crippen LogP contribution in [0, 0.1) is 12.7 Å². The van der Waals surface area contributed by atoms with Crippen LogP contribution in [0.5, 0.6) is 11.5 Å². The zero-order valence-corrected chi connectivity index (χ0v) is 36.7. The monoisotopic (exact) mass is 843 g/mol. The van der Waals surface area contributed by atoms with Crippen molar-refractivity contribution in [1.29, 1.82) is 0 Å². The van der Waals surface area contributed by atoms with Crippen LogP contribution in [0.4, 0.5) is 9.18 Å². The largest absolute Gasteiger partial charge is 0.496 e. The Balaban J connectivity index is 0.828. The second-order valence-electron chi connectivity index (χ2n) is 17.2. The van der Waals surface area contributed by atoms with E-state index in [1.807, 2.05) is 68.1 Å². The van der Waals surface area contributed by atoms with Gasteiger partial charge in [-0.2, -0.15) is 0 Å². The topological polar surface area (TPSA) is 116 Å². The molecule has 2 unspecified atom stereocenters. The summed E-state index contributed by atoms with van der Waals surface area (Å²) in [6.45, 7) is 12.9. The van der Waals surface area contributed by atoms with Crippen LogP contribution in [0.3, 0.4) is 0 Å². The smallest absolute Gasteiger partial charge is 0.317 e. The van der Waals surface area contributed by atoms with Gasteiger partial charge in [0.25, 0.3) is 5.91 Å². The molecule has 13 heteroatoms. The Morgan fingerprint density at radius 1 is 0.885 bits per heavy atom. The standard InChI is InChI=1S/C48H67FN6O6/c1-35(2)51-48(58)54(33-38-11-15-40(49)16-12-38)27-24-52-22-25-53(26-23-52)46(56)34-60-43-17-13-37(14-18-43)32-50-20-5-6-21-55-41-8-7-9-42(55)31-44(30-41)61-47(57)29-39-28-36(3)10-19-45(39)59-4/h10-19,28,35,41-42,44,50H,5-9,20-27,29-34H2,1-4H3,(H,51,58). The summed E-state index contributed by atoms with van der Waals surface area (Å²) in [5.41, 5.74) is 4.02. The molecule has 61 heavy (non-hydrogen) atoms. The van der Waals surface area contributed by atoms with Gasteiger partial charge in [0.15, 0.2) is 6.61 Å². The maximum absolute atomic E-state index is 13.4. The molecule has 2 atom stereocenters. The molecule has 3 aliphatic rings. The summed E-state index contributed by atoms with van der Waals surface area (Å²) in [4.78, 5) is 47.4. The van der Waals surface area contributed by atoms with Gasteiger partial charge in [0.1, 0.15) is 23.4 Å². The number of piperazine rings is 1. The number of unbranched alkanes of at least 4 members (excludes halogenated alkanes) is 1. The van der Waals surface area contributed by atoms with E-state index in [0.29, 0.717) is 63.6 Å². The van der Waals surface area contributed by atoms with Gasteiger partial charge in [-0.15, -0.1) is 0 Å². The van der Waals surface area contributed by atoms with Crippen molar-refractivity contribution >= 4 is 17.9 Å². The van der Waals surface area contributed by atoms with Crippen LogP contribution in [-0.2, 0) is 33.8 Å². The van der Waals surface area contributed by atoms with E-state index < -0.39 is 0 Å². The number of fused-ring (bicyclic) bond motifs is 2. The first-order valence-electron chi connectivity index (χ1n) is 22.3. The van der Waals surface area contributed by atoms with Crippen LogP contribution in [0.2, 0.25) is 0 Å². The fraction of sp³-hybridized carbons (Fsp3) is 0.562. The van der Waals surface area contributed by atoms with E-state index in [2.05, 4.69) is 20.4 Å². The van der Waals surface area contributed by atoms with Gasteiger partial charge in [-0.1, -0.05) is 48.4 Å². The summed E-state index contributed by atoms with van der Waals surface area (Å²) in [6, 6.07) is 20.9. The first-order chi connectivity index (χ1) is 29.5. The highest BCUT2D eigenvalue weighted by Gasteiger charge is 2.39. The molecular weight excluding hydrogens is 776 g/mol. The van der Waals surface area contributed by atoms with Crippen LogP contribution in [0.1, 0.15) is 81.0 Å². The molecule has 3 heterocycles. The quantitative estimate of drug-likeness (QED) is 0.0996. The number of methoxy groups -OCH3 is 1. The zero-order chi connectivity index (χ0) is 43.1. The van der Waals surface area contributed by atoms with Crippen molar-refractivity contribution in [2.45, 2.75) is 109 Å². The first-order valence-corrected chi connectivity index (χ1v) is 22.3. The Hall–Kier alpha value is -4.72. The van der Waals surface area contributed by atoms with Gasteiger partial charge in [0, 0.05) is 88.9 Å². The third-order valence-electron chi connectivity index (χ3n) is 12.2. The molecule has 0 radical (unpaired) electrons. The number of rotatable bonds is 20. The number of carbonyl (C=O) groups is 3. The molecule has 3 fully saturated rings. The SMILES string of the molecule is COc1ccc(C)cc1CC(=O)OC1CC2CCCC(C1)N2CCCCNCc1ccc(OCC(=O)N2CCN(CCN(Cc3ccc(F)cc3)C(=O)NC(C)C)CC2)cc1. The number of piperidine rings is 2. The van der Waals surface area contributed by atoms with Crippen molar-refractivity contribution < 1.29 is 33.0 Å². The van der Waals surface area contributed by atoms with E-state index in [-0.39, 0.29) is 48.9 Å². The number of hydrogen-bond donors (Lipinski definition) is 2. The lowest BCUT2D eigenvalue weighted by atomic mass is 9.82. The van der Waals surface area contributed by atoms with E-state index in [1.54, 1.807) is 24.1 Å². The molecule has 3 aromatic carbocycles. The van der Waals surface area contributed by atoms with E-state index in [0.717, 1.165) is 67.8 Å². The zero-order valence-electron chi connectivity index (χ0n) is 36.7. The number of aryl methyl sites for hydroxylation is 1. The Bertz CT molecular complexity index is 1840. The molecular formula is C48H67FN6O6. The van der Waals surface area contributed by atoms with Crippen molar-refractivity contribution in [2.24, 2.45) is 0 Å². The Labute approximate surface area is 362 Å². The number of ether oxygens (including phenoxy) is 3. The van der Waals surface area contributed by atoms with Crippen LogP contribution in [0.25, 0.3) is 0 Å². The number of hydrogen-bond acceptors (Lipinski definition) is 9. The molecule has 3 saturated heterocycles. The van der Waals surface area contributed by atoms with Crippen LogP contribution in [0.15, 0.2) is 66.7 Å². The minimum Gasteiger partial charge on any atom is -0.496 e. The lowest BCUT2D eigenvalue weighted by Gasteiger charge is -2.48. The van der Waals surface area contributed by atoms with Crippen LogP contribution in [-0.4, -0.2) is 128 Å². The molecule has 332 valence electrons. The van der Waals surface area contributed by atoms with Gasteiger partial charge in [-0.3, -0.25) is 19.4 Å². The van der Waals surface area contributed by atoms with Gasteiger partial charge in [0.05, 0.1) is 13.5 Å². The Kier molecular flexibility index (Phi) is 17.2. The Morgan fingerprint density at radius 2 is 1.59 bits per heavy atom. The fourth-order valence-electron chi connectivity index (χ4n) is 8.92. The highest BCUT2D eigenvalue weighted by Crippen LogP contribution is 2.36. The second-order valence-corrected chi connectivity index (χ2v) is 17.2. The number of esters is 1. The van der Waals surface area contributed by atoms with E-state index in [1.165, 1.54) is 37.0 Å². The summed E-state index contributed by atoms with van der Waals surface area (Å²) in [5.74, 6) is 0.900. The predicted octanol–water partition coefficient (Wildman–Crippen LogP) is 6.33. The van der Waals surface area contributed by atoms with Gasteiger partial charge < -0.3 is 34.6 Å². The van der Waals surface area contributed by atoms with Crippen molar-refractivity contribution in [2.75, 3.05) is 66.1 Å². The molecule has 2 N–H and O–H groups in total. The summed E-state index contributed by atoms with van der Waals surface area (Å²) in [7, 11) is 1.64. The molecule has 2 bridgehead atoms. The normalized spacial score (nSPS) is 19.4. The average Bonchev–Trinajstić information content (AvgIpc) is 3.24. The number of urea groups is 1. The van der Waals surface area contributed by atoms with Gasteiger partial charge in [-0.05, 0) is 101 Å². The predicted molar refractivity (Wildman–Crippen MR) is 235 cm³/mol. The number of nitrogens with zero attached hydrogens (tertiary/aromatic N) is 4. The second kappa shape index (κ2) is 22.9. The maximum Gasteiger partial charge on any atom is 0.317 e. The summed E-state index contributed by atoms with van der Waals surface area (Å²) in [5, 5.41) is 6.55. The summed E-state index contributed by atoms with van der Waals surface area (Å²) in [6.07, 6.45) is 7.86. The van der Waals surface area contributed by atoms with Crippen molar-refractivity contribution in [3.05, 3.63) is 94.8 Å². The number of carbonyl (C=O) groups excluding carboxylic acids is 3. The third-order valence-corrected chi connectivity index (χ3v) is 12.2. The molecule has 3 amide bonds. The maximum atomic E-state index is 13.4. The van der Waals surface area contributed by atoms with Crippen molar-refractivity contribution in [1.82, 2.24) is 30.2 Å². The lowest BCUT2D eigenvalue weighted by Crippen LogP contribution is -2.54. The van der Waals surface area contributed by atoms with Gasteiger partial charge in [-0.25, -0.2) is 9.18 Å². The Morgan fingerprint density at radius 3 is 2.28 bits per heavy atom. The molecule has 3 aromatic rings. The van der Waals surface area contributed by atoms with E-state index in [9.17, 15) is 18.8 Å². The highest BCUT2D eigenvalue weighted by molar-refractivity contribution is 5.78. The van der Waals surface area contributed by atoms with Crippen molar-refractivity contribution in [3.63, 3.8) is 0 Å². The van der Waals surface area contributed by atoms with Crippen LogP contribution < -0.4 is 20.1 Å². The minimum atomic E-state index is -0.300. The number of halogens is 1. The third kappa shape index (κ3) is 14.2. The molecule has 0 aliphatic carbocycles. The van der Waals surface area contributed by atoms with Crippen molar-refractivity contribution in [3.8, 4) is 11.5 Å². The average molecular weight is 843 g/mol. The van der Waals surface area contributed by atoms with Crippen LogP contribution >= 0.6 is 0 Å². The first kappa shape index (κ1) is 45.8. The highest BCUT2D eigenvalue weighted by atomic mass is 19.1. The van der Waals surface area contributed by atoms with E-state index in [4.69, 9.17) is 14.2 Å². The molecule has 0 spiro atoms. The summed E-state index contributed by atoms with van der Waals surface area (Å²) < 4.78 is 30.8. The lowest BCUT2D eigenvalue weighted by molar-refractivity contribution is -0.154. The summed E-state index contributed by atoms with van der Waals surface area (Å²) >= 11 is 0. The molecule has 0 saturated carbocycles. The number of amides is 3. The molecule has 0 aromatic heterocycles. The molecule has 6 rings (SSSR count). The fourth-order valence-corrected chi connectivity index (χ4v) is 8.92. The number of nitrogens with one attached hydrogen (secondary N) is 2. The van der Waals surface area contributed by atoms with Gasteiger partial charge in [0.2, 0.25) is 0 Å². The molecule has 12 nitrogen and oxygen atoms in total.